The van der Waals surface area contributed by atoms with Gasteiger partial charge in [0.2, 0.25) is 0 Å². The molecule has 2 rings (SSSR count). The summed E-state index contributed by atoms with van der Waals surface area (Å²) in [5, 5.41) is 5.85. The molecule has 1 aliphatic heterocycles. The van der Waals surface area contributed by atoms with Gasteiger partial charge in [0, 0.05) is 39.0 Å². The number of carbonyl (C=O) groups excluding carboxylic acids is 1. The number of carbonyl (C=O) groups is 1. The third-order valence-corrected chi connectivity index (χ3v) is 4.22. The van der Waals surface area contributed by atoms with E-state index in [1.165, 1.54) is 0 Å². The number of hydrogen-bond acceptors (Lipinski definition) is 4. The van der Waals surface area contributed by atoms with Crippen molar-refractivity contribution in [2.75, 3.05) is 45.2 Å². The monoisotopic (exact) mass is 320 g/mol. The van der Waals surface area contributed by atoms with Crippen molar-refractivity contribution in [3.05, 3.63) is 23.5 Å². The molecular weight excluding hydrogens is 292 g/mol. The molecule has 0 spiro atoms. The van der Waals surface area contributed by atoms with Crippen molar-refractivity contribution in [2.45, 2.75) is 26.7 Å². The van der Waals surface area contributed by atoms with Gasteiger partial charge in [0.05, 0.1) is 11.4 Å². The van der Waals surface area contributed by atoms with Crippen LogP contribution in [0.25, 0.3) is 0 Å². The summed E-state index contributed by atoms with van der Waals surface area (Å²) < 4.78 is 5.08. The lowest BCUT2D eigenvalue weighted by molar-refractivity contribution is 0.178. The summed E-state index contributed by atoms with van der Waals surface area (Å²) in [6, 6.07) is 3.64. The average Bonchev–Trinajstić information content (AvgIpc) is 2.96. The number of methoxy groups -OCH3 is 1. The molecule has 1 aromatic heterocycles. The summed E-state index contributed by atoms with van der Waals surface area (Å²) in [6.07, 6.45) is 2.20. The van der Waals surface area contributed by atoms with Crippen LogP contribution in [0.2, 0.25) is 0 Å². The molecule has 1 aliphatic rings. The van der Waals surface area contributed by atoms with Gasteiger partial charge in [-0.15, -0.1) is 0 Å². The van der Waals surface area contributed by atoms with Crippen LogP contribution in [0.3, 0.4) is 0 Å². The van der Waals surface area contributed by atoms with Crippen LogP contribution in [0.4, 0.5) is 10.5 Å². The molecule has 1 saturated heterocycles. The van der Waals surface area contributed by atoms with Crippen LogP contribution in [0.1, 0.15) is 24.2 Å². The van der Waals surface area contributed by atoms with Crippen LogP contribution < -0.4 is 10.6 Å². The van der Waals surface area contributed by atoms with Crippen molar-refractivity contribution in [3.63, 3.8) is 0 Å². The van der Waals surface area contributed by atoms with Crippen LogP contribution in [0.15, 0.2) is 12.1 Å². The molecule has 2 amide bonds. The smallest absolute Gasteiger partial charge is 0.319 e. The van der Waals surface area contributed by atoms with Crippen LogP contribution in [0, 0.1) is 19.8 Å². The maximum atomic E-state index is 12.0. The Hall–Kier alpha value is -1.66. The normalized spacial score (nSPS) is 18.1. The summed E-state index contributed by atoms with van der Waals surface area (Å²) in [6.45, 7) is 8.60. The summed E-state index contributed by atoms with van der Waals surface area (Å²) in [4.78, 5) is 18.8. The van der Waals surface area contributed by atoms with E-state index in [1.54, 1.807) is 7.11 Å². The van der Waals surface area contributed by atoms with E-state index in [-0.39, 0.29) is 6.03 Å². The Bertz CT molecular complexity index is 521. The highest BCUT2D eigenvalue weighted by molar-refractivity contribution is 5.89. The second kappa shape index (κ2) is 8.84. The summed E-state index contributed by atoms with van der Waals surface area (Å²) in [5.41, 5.74) is 2.55. The molecule has 1 atom stereocenters. The van der Waals surface area contributed by atoms with Gasteiger partial charge in [-0.3, -0.25) is 4.98 Å². The predicted octanol–water partition coefficient (Wildman–Crippen LogP) is 2.18. The van der Waals surface area contributed by atoms with E-state index in [9.17, 15) is 4.79 Å². The molecule has 23 heavy (non-hydrogen) atoms. The topological polar surface area (TPSA) is 66.5 Å². The minimum Gasteiger partial charge on any atom is -0.385 e. The van der Waals surface area contributed by atoms with Crippen molar-refractivity contribution < 1.29 is 9.53 Å². The molecule has 6 nitrogen and oxygen atoms in total. The first-order valence-corrected chi connectivity index (χ1v) is 8.29. The molecule has 0 saturated carbocycles. The van der Waals surface area contributed by atoms with Crippen molar-refractivity contribution >= 4 is 11.7 Å². The number of nitrogens with zero attached hydrogens (tertiary/aromatic N) is 2. The van der Waals surface area contributed by atoms with E-state index in [2.05, 4.69) is 20.5 Å². The Balaban J connectivity index is 1.69. The summed E-state index contributed by atoms with van der Waals surface area (Å²) in [5.74, 6) is 0.528. The molecule has 2 heterocycles. The molecule has 6 heteroatoms. The molecule has 128 valence electrons. The lowest BCUT2D eigenvalue weighted by atomic mass is 10.1. The number of aromatic nitrogens is 1. The first kappa shape index (κ1) is 17.7. The first-order chi connectivity index (χ1) is 11.1. The van der Waals surface area contributed by atoms with E-state index < -0.39 is 0 Å². The number of hydrogen-bond donors (Lipinski definition) is 2. The Morgan fingerprint density at radius 1 is 1.43 bits per heavy atom. The third-order valence-electron chi connectivity index (χ3n) is 4.22. The molecule has 1 unspecified atom stereocenters. The van der Waals surface area contributed by atoms with Gasteiger partial charge in [0.25, 0.3) is 0 Å². The van der Waals surface area contributed by atoms with E-state index in [0.717, 1.165) is 56.2 Å². The molecule has 0 aliphatic carbocycles. The van der Waals surface area contributed by atoms with E-state index in [1.807, 2.05) is 26.0 Å². The van der Waals surface area contributed by atoms with Crippen molar-refractivity contribution in [1.82, 2.24) is 15.2 Å². The van der Waals surface area contributed by atoms with E-state index in [0.29, 0.717) is 12.5 Å². The number of likely N-dealkylation sites (tertiary alicyclic amines) is 1. The zero-order valence-electron chi connectivity index (χ0n) is 14.4. The molecule has 0 aromatic carbocycles. The van der Waals surface area contributed by atoms with Crippen LogP contribution in [-0.4, -0.2) is 55.8 Å². The highest BCUT2D eigenvalue weighted by atomic mass is 16.5. The number of aryl methyl sites for hydroxylation is 2. The maximum absolute atomic E-state index is 12.0. The number of nitrogens with one attached hydrogen (secondary N) is 2. The van der Waals surface area contributed by atoms with Gasteiger partial charge >= 0.3 is 6.03 Å². The predicted molar refractivity (Wildman–Crippen MR) is 91.8 cm³/mol. The van der Waals surface area contributed by atoms with Gasteiger partial charge in [0.15, 0.2) is 0 Å². The fourth-order valence-electron chi connectivity index (χ4n) is 2.94. The summed E-state index contributed by atoms with van der Waals surface area (Å²) >= 11 is 0. The second-order valence-corrected chi connectivity index (χ2v) is 6.22. The number of rotatable bonds is 7. The SMILES string of the molecule is COCCCN1CCC(CNC(=O)Nc2ccc(C)nc2C)C1. The van der Waals surface area contributed by atoms with Crippen LogP contribution >= 0.6 is 0 Å². The quantitative estimate of drug-likeness (QED) is 0.756. The van der Waals surface area contributed by atoms with Gasteiger partial charge in [-0.05, 0) is 51.3 Å². The number of urea groups is 1. The number of pyridine rings is 1. The number of anilines is 1. The van der Waals surface area contributed by atoms with Crippen molar-refractivity contribution in [2.24, 2.45) is 5.92 Å². The molecule has 0 radical (unpaired) electrons. The lowest BCUT2D eigenvalue weighted by Gasteiger charge is -2.16. The number of amides is 2. The molecule has 2 N–H and O–H groups in total. The van der Waals surface area contributed by atoms with E-state index >= 15 is 0 Å². The average molecular weight is 320 g/mol. The second-order valence-electron chi connectivity index (χ2n) is 6.22. The lowest BCUT2D eigenvalue weighted by Crippen LogP contribution is -2.34. The highest BCUT2D eigenvalue weighted by Gasteiger charge is 2.22. The van der Waals surface area contributed by atoms with Crippen molar-refractivity contribution in [1.29, 1.82) is 0 Å². The van der Waals surface area contributed by atoms with Gasteiger partial charge in [-0.25, -0.2) is 4.79 Å². The highest BCUT2D eigenvalue weighted by Crippen LogP contribution is 2.16. The third kappa shape index (κ3) is 5.80. The fourth-order valence-corrected chi connectivity index (χ4v) is 2.94. The number of ether oxygens (including phenoxy) is 1. The first-order valence-electron chi connectivity index (χ1n) is 8.29. The Morgan fingerprint density at radius 3 is 3.00 bits per heavy atom. The van der Waals surface area contributed by atoms with Gasteiger partial charge in [-0.2, -0.15) is 0 Å². The zero-order valence-corrected chi connectivity index (χ0v) is 14.4. The Kier molecular flexibility index (Phi) is 6.80. The zero-order chi connectivity index (χ0) is 16.7. The minimum atomic E-state index is -0.156. The van der Waals surface area contributed by atoms with E-state index in [4.69, 9.17) is 4.74 Å². The fraction of sp³-hybridized carbons (Fsp3) is 0.647. The molecule has 0 bridgehead atoms. The van der Waals surface area contributed by atoms with Gasteiger partial charge in [0.1, 0.15) is 0 Å². The Morgan fingerprint density at radius 2 is 2.26 bits per heavy atom. The largest absolute Gasteiger partial charge is 0.385 e. The van der Waals surface area contributed by atoms with Crippen LogP contribution in [0.5, 0.6) is 0 Å². The molecule has 1 aromatic rings. The van der Waals surface area contributed by atoms with Crippen LogP contribution in [-0.2, 0) is 4.74 Å². The molecular formula is C17H28N4O2. The minimum absolute atomic E-state index is 0.156. The Labute approximate surface area is 138 Å². The molecule has 1 fully saturated rings. The van der Waals surface area contributed by atoms with Gasteiger partial charge < -0.3 is 20.3 Å². The van der Waals surface area contributed by atoms with Crippen molar-refractivity contribution in [3.8, 4) is 0 Å². The standard InChI is InChI=1S/C17H28N4O2/c1-13-5-6-16(14(2)19-13)20-17(22)18-11-15-7-9-21(12-15)8-4-10-23-3/h5-6,15H,4,7-12H2,1-3H3,(H2,18,20,22). The summed E-state index contributed by atoms with van der Waals surface area (Å²) in [7, 11) is 1.74. The maximum Gasteiger partial charge on any atom is 0.319 e. The van der Waals surface area contributed by atoms with Gasteiger partial charge in [-0.1, -0.05) is 0 Å².